The quantitative estimate of drug-likeness (QED) is 0.875. The topological polar surface area (TPSA) is 33.1 Å². The fraction of sp³-hybridized carbons (Fsp3) is 0.769. The van der Waals surface area contributed by atoms with Gasteiger partial charge in [0.2, 0.25) is 0 Å². The summed E-state index contributed by atoms with van der Waals surface area (Å²) < 4.78 is 0. The highest BCUT2D eigenvalue weighted by molar-refractivity contribution is 7.09. The summed E-state index contributed by atoms with van der Waals surface area (Å²) in [6, 6.07) is 0. The Morgan fingerprint density at radius 1 is 1.50 bits per heavy atom. The van der Waals surface area contributed by atoms with Crippen LogP contribution in [0.2, 0.25) is 0 Å². The van der Waals surface area contributed by atoms with Crippen molar-refractivity contribution >= 4 is 11.3 Å². The first-order valence-electron chi connectivity index (χ1n) is 6.10. The standard InChI is InChI=1S/C13H21NOS/c1-13(2,3)11-8-16-12(14-11)7-6-10(15)9-4-5-9/h8-10,15H,4-7H2,1-3H3. The Kier molecular flexibility index (Phi) is 3.36. The molecule has 0 radical (unpaired) electrons. The first-order chi connectivity index (χ1) is 7.47. The van der Waals surface area contributed by atoms with Gasteiger partial charge in [0.15, 0.2) is 0 Å². The molecule has 0 spiro atoms. The Morgan fingerprint density at radius 3 is 2.69 bits per heavy atom. The summed E-state index contributed by atoms with van der Waals surface area (Å²) >= 11 is 1.73. The number of hydrogen-bond donors (Lipinski definition) is 1. The molecular formula is C13H21NOS. The van der Waals surface area contributed by atoms with Gasteiger partial charge in [-0.05, 0) is 25.2 Å². The van der Waals surface area contributed by atoms with E-state index in [1.54, 1.807) is 11.3 Å². The molecule has 1 aliphatic carbocycles. The van der Waals surface area contributed by atoms with E-state index in [-0.39, 0.29) is 11.5 Å². The summed E-state index contributed by atoms with van der Waals surface area (Å²) in [5.41, 5.74) is 1.32. The monoisotopic (exact) mass is 239 g/mol. The molecular weight excluding hydrogens is 218 g/mol. The molecule has 1 saturated carbocycles. The van der Waals surface area contributed by atoms with Gasteiger partial charge in [-0.25, -0.2) is 4.98 Å². The van der Waals surface area contributed by atoms with E-state index in [9.17, 15) is 5.11 Å². The van der Waals surface area contributed by atoms with Crippen LogP contribution in [0.15, 0.2) is 5.38 Å². The van der Waals surface area contributed by atoms with Crippen LogP contribution in [0.3, 0.4) is 0 Å². The van der Waals surface area contributed by atoms with Crippen LogP contribution >= 0.6 is 11.3 Å². The smallest absolute Gasteiger partial charge is 0.0929 e. The third-order valence-electron chi connectivity index (χ3n) is 3.14. The highest BCUT2D eigenvalue weighted by Crippen LogP contribution is 2.34. The molecule has 1 atom stereocenters. The number of aliphatic hydroxyl groups excluding tert-OH is 1. The van der Waals surface area contributed by atoms with Crippen LogP contribution in [0.25, 0.3) is 0 Å². The minimum atomic E-state index is -0.0954. The number of rotatable bonds is 4. The maximum absolute atomic E-state index is 9.79. The molecule has 1 aromatic rings. The second kappa shape index (κ2) is 4.46. The average molecular weight is 239 g/mol. The molecule has 0 aromatic carbocycles. The van der Waals surface area contributed by atoms with E-state index >= 15 is 0 Å². The van der Waals surface area contributed by atoms with Crippen molar-refractivity contribution in [3.63, 3.8) is 0 Å². The maximum atomic E-state index is 9.79. The van der Waals surface area contributed by atoms with Crippen LogP contribution in [0.5, 0.6) is 0 Å². The predicted octanol–water partition coefficient (Wildman–Crippen LogP) is 3.14. The largest absolute Gasteiger partial charge is 0.393 e. The second-order valence-electron chi connectivity index (χ2n) is 5.82. The van der Waals surface area contributed by atoms with Gasteiger partial charge >= 0.3 is 0 Å². The number of hydrogen-bond acceptors (Lipinski definition) is 3. The molecule has 1 aliphatic rings. The van der Waals surface area contributed by atoms with Gasteiger partial charge in [0.1, 0.15) is 0 Å². The third-order valence-corrected chi connectivity index (χ3v) is 4.05. The number of nitrogens with zero attached hydrogens (tertiary/aromatic N) is 1. The number of aryl methyl sites for hydroxylation is 1. The summed E-state index contributed by atoms with van der Waals surface area (Å²) in [4.78, 5) is 4.64. The summed E-state index contributed by atoms with van der Waals surface area (Å²) in [5, 5.41) is 13.1. The number of thiazole rings is 1. The van der Waals surface area contributed by atoms with E-state index in [4.69, 9.17) is 0 Å². The van der Waals surface area contributed by atoms with Crippen LogP contribution in [-0.4, -0.2) is 16.2 Å². The SMILES string of the molecule is CC(C)(C)c1csc(CCC(O)C2CC2)n1. The van der Waals surface area contributed by atoms with E-state index in [0.29, 0.717) is 5.92 Å². The normalized spacial score (nSPS) is 18.8. The van der Waals surface area contributed by atoms with Gasteiger partial charge in [0.05, 0.1) is 16.8 Å². The fourth-order valence-electron chi connectivity index (χ4n) is 1.76. The molecule has 3 heteroatoms. The van der Waals surface area contributed by atoms with Crippen molar-refractivity contribution in [2.24, 2.45) is 5.92 Å². The summed E-state index contributed by atoms with van der Waals surface area (Å²) in [5.74, 6) is 0.585. The maximum Gasteiger partial charge on any atom is 0.0929 e. The molecule has 0 saturated heterocycles. The lowest BCUT2D eigenvalue weighted by molar-refractivity contribution is 0.142. The van der Waals surface area contributed by atoms with E-state index < -0.39 is 0 Å². The molecule has 16 heavy (non-hydrogen) atoms. The molecule has 2 nitrogen and oxygen atoms in total. The Morgan fingerprint density at radius 2 is 2.19 bits per heavy atom. The zero-order valence-electron chi connectivity index (χ0n) is 10.4. The first kappa shape index (κ1) is 12.1. The van der Waals surface area contributed by atoms with Crippen LogP contribution in [0.4, 0.5) is 0 Å². The van der Waals surface area contributed by atoms with Crippen LogP contribution < -0.4 is 0 Å². The van der Waals surface area contributed by atoms with E-state index in [2.05, 4.69) is 31.1 Å². The lowest BCUT2D eigenvalue weighted by atomic mass is 9.93. The van der Waals surface area contributed by atoms with Crippen molar-refractivity contribution in [2.45, 2.75) is 58.0 Å². The Bertz CT molecular complexity index is 349. The Balaban J connectivity index is 1.87. The van der Waals surface area contributed by atoms with Gasteiger partial charge in [0.25, 0.3) is 0 Å². The van der Waals surface area contributed by atoms with Gasteiger partial charge < -0.3 is 5.11 Å². The van der Waals surface area contributed by atoms with Gasteiger partial charge in [-0.3, -0.25) is 0 Å². The summed E-state index contributed by atoms with van der Waals surface area (Å²) in [6.07, 6.45) is 4.14. The van der Waals surface area contributed by atoms with Crippen LogP contribution in [0.1, 0.15) is 50.7 Å². The van der Waals surface area contributed by atoms with Crippen molar-refractivity contribution in [3.05, 3.63) is 16.1 Å². The molecule has 1 heterocycles. The van der Waals surface area contributed by atoms with Crippen molar-refractivity contribution in [3.8, 4) is 0 Å². The minimum Gasteiger partial charge on any atom is -0.393 e. The highest BCUT2D eigenvalue weighted by Gasteiger charge is 2.29. The molecule has 2 rings (SSSR count). The van der Waals surface area contributed by atoms with Gasteiger partial charge in [-0.1, -0.05) is 20.8 Å². The molecule has 0 amide bonds. The van der Waals surface area contributed by atoms with Crippen molar-refractivity contribution in [1.29, 1.82) is 0 Å². The fourth-order valence-corrected chi connectivity index (χ4v) is 2.80. The van der Waals surface area contributed by atoms with Crippen LogP contribution in [-0.2, 0) is 11.8 Å². The number of aromatic nitrogens is 1. The Labute approximate surface area is 102 Å². The van der Waals surface area contributed by atoms with Crippen molar-refractivity contribution in [2.75, 3.05) is 0 Å². The third kappa shape index (κ3) is 3.05. The Hall–Kier alpha value is -0.410. The van der Waals surface area contributed by atoms with E-state index in [1.165, 1.54) is 23.5 Å². The van der Waals surface area contributed by atoms with Crippen LogP contribution in [0, 0.1) is 5.92 Å². The molecule has 0 aliphatic heterocycles. The lowest BCUT2D eigenvalue weighted by Crippen LogP contribution is -2.12. The molecule has 0 bridgehead atoms. The van der Waals surface area contributed by atoms with Gasteiger partial charge in [0, 0.05) is 17.2 Å². The second-order valence-corrected chi connectivity index (χ2v) is 6.76. The lowest BCUT2D eigenvalue weighted by Gasteiger charge is -2.14. The molecule has 90 valence electrons. The van der Waals surface area contributed by atoms with Gasteiger partial charge in [-0.2, -0.15) is 0 Å². The van der Waals surface area contributed by atoms with E-state index in [0.717, 1.165) is 12.8 Å². The minimum absolute atomic E-state index is 0.0954. The van der Waals surface area contributed by atoms with E-state index in [1.807, 2.05) is 0 Å². The van der Waals surface area contributed by atoms with Gasteiger partial charge in [-0.15, -0.1) is 11.3 Å². The molecule has 1 aromatic heterocycles. The van der Waals surface area contributed by atoms with Crippen molar-refractivity contribution in [1.82, 2.24) is 4.98 Å². The zero-order chi connectivity index (χ0) is 11.8. The molecule has 1 N–H and O–H groups in total. The molecule has 1 unspecified atom stereocenters. The number of aliphatic hydroxyl groups is 1. The average Bonchev–Trinajstić information content (AvgIpc) is 2.92. The predicted molar refractivity (Wildman–Crippen MR) is 67.9 cm³/mol. The highest BCUT2D eigenvalue weighted by atomic mass is 32.1. The zero-order valence-corrected chi connectivity index (χ0v) is 11.2. The van der Waals surface area contributed by atoms with Crippen molar-refractivity contribution < 1.29 is 5.11 Å². The summed E-state index contributed by atoms with van der Waals surface area (Å²) in [7, 11) is 0. The summed E-state index contributed by atoms with van der Waals surface area (Å²) in [6.45, 7) is 6.56. The molecule has 1 fully saturated rings. The first-order valence-corrected chi connectivity index (χ1v) is 6.98.